The fourth-order valence-electron chi connectivity index (χ4n) is 5.50. The molecule has 2 aromatic rings. The third-order valence-corrected chi connectivity index (χ3v) is 8.87. The highest BCUT2D eigenvalue weighted by Crippen LogP contribution is 2.33. The number of unbranched alkanes of at least 4 members (excludes halogenated alkanes) is 11. The number of nitrogens with zero attached hydrogens (tertiary/aromatic N) is 2. The van der Waals surface area contributed by atoms with E-state index in [1.54, 1.807) is 6.92 Å². The monoisotopic (exact) mass is 592 g/mol. The van der Waals surface area contributed by atoms with Crippen molar-refractivity contribution < 1.29 is 9.53 Å². The first-order valence-electron chi connectivity index (χ1n) is 16.4. The summed E-state index contributed by atoms with van der Waals surface area (Å²) < 4.78 is 6.32. The van der Waals surface area contributed by atoms with Gasteiger partial charge >= 0.3 is 0 Å². The highest BCUT2D eigenvalue weighted by Gasteiger charge is 2.21. The summed E-state index contributed by atoms with van der Waals surface area (Å²) >= 11 is 1.81. The summed E-state index contributed by atoms with van der Waals surface area (Å²) in [5.41, 5.74) is 4.46. The van der Waals surface area contributed by atoms with Gasteiger partial charge in [0.25, 0.3) is 0 Å². The quantitative estimate of drug-likeness (QED) is 0.152. The molecule has 0 unspecified atom stereocenters. The lowest BCUT2D eigenvalue weighted by Gasteiger charge is -2.26. The first kappa shape index (κ1) is 34.1. The van der Waals surface area contributed by atoms with Crippen LogP contribution in [0.2, 0.25) is 0 Å². The molecular weight excluding hydrogens is 536 g/mol. The van der Waals surface area contributed by atoms with Gasteiger partial charge in [0.2, 0.25) is 5.91 Å². The van der Waals surface area contributed by atoms with Crippen molar-refractivity contribution in [3.05, 3.63) is 70.8 Å². The molecule has 1 amide bonds. The fraction of sp³-hybridized carbons (Fsp3) is 0.595. The molecule has 1 aliphatic rings. The normalized spacial score (nSPS) is 13.1. The molecule has 0 radical (unpaired) electrons. The molecule has 3 rings (SSSR count). The molecule has 0 atom stereocenters. The van der Waals surface area contributed by atoms with Crippen molar-refractivity contribution in [3.63, 3.8) is 0 Å². The predicted octanol–water partition coefficient (Wildman–Crippen LogP) is 10.6. The lowest BCUT2D eigenvalue weighted by Crippen LogP contribution is -2.28. The Morgan fingerprint density at radius 2 is 1.45 bits per heavy atom. The van der Waals surface area contributed by atoms with Crippen molar-refractivity contribution in [1.82, 2.24) is 4.90 Å². The van der Waals surface area contributed by atoms with Crippen LogP contribution in [0.3, 0.4) is 0 Å². The average molecular weight is 593 g/mol. The maximum Gasteiger partial charge on any atom is 0.224 e. The molecule has 1 heterocycles. The van der Waals surface area contributed by atoms with Crippen molar-refractivity contribution in [2.45, 2.75) is 130 Å². The predicted molar refractivity (Wildman–Crippen MR) is 182 cm³/mol. The Kier molecular flexibility index (Phi) is 14.9. The number of anilines is 1. The molecule has 0 saturated carbocycles. The lowest BCUT2D eigenvalue weighted by atomic mass is 9.85. The number of amides is 1. The van der Waals surface area contributed by atoms with E-state index in [4.69, 9.17) is 4.74 Å². The minimum Gasteiger partial charge on any atom is -0.493 e. The Bertz CT molecular complexity index is 1090. The number of carbonyl (C=O) groups is 1. The standard InChI is InChI=1S/C37H56N2O2S/c1-6-7-8-9-10-11-12-13-14-15-16-17-25-41-36-23-20-33(27-35(36)37(3,4)5)29-39(31(2)40)34-21-18-32(19-22-34)28-38-24-26-42-30-38/h18-24,26-27H,6-17,25,28-30H2,1-5H3. The molecule has 0 N–H and O–H groups in total. The maximum absolute atomic E-state index is 12.7. The Morgan fingerprint density at radius 3 is 2.00 bits per heavy atom. The van der Waals surface area contributed by atoms with Crippen molar-refractivity contribution in [1.29, 1.82) is 0 Å². The van der Waals surface area contributed by atoms with E-state index in [0.717, 1.165) is 42.4 Å². The lowest BCUT2D eigenvalue weighted by molar-refractivity contribution is -0.116. The highest BCUT2D eigenvalue weighted by molar-refractivity contribution is 8.02. The van der Waals surface area contributed by atoms with E-state index in [9.17, 15) is 4.79 Å². The van der Waals surface area contributed by atoms with Crippen LogP contribution < -0.4 is 9.64 Å². The van der Waals surface area contributed by atoms with Gasteiger partial charge in [-0.2, -0.15) is 0 Å². The molecule has 0 saturated heterocycles. The highest BCUT2D eigenvalue weighted by atomic mass is 32.2. The van der Waals surface area contributed by atoms with Crippen LogP contribution in [0.25, 0.3) is 0 Å². The molecule has 0 bridgehead atoms. The molecule has 0 aliphatic carbocycles. The number of ether oxygens (including phenoxy) is 1. The first-order valence-corrected chi connectivity index (χ1v) is 17.5. The zero-order valence-corrected chi connectivity index (χ0v) is 27.9. The third-order valence-electron chi connectivity index (χ3n) is 8.07. The van der Waals surface area contributed by atoms with Crippen molar-refractivity contribution in [3.8, 4) is 5.75 Å². The SMILES string of the molecule is CCCCCCCCCCCCCCOc1ccc(CN(C(C)=O)c2ccc(CN3C=CSC3)cc2)cc1C(C)(C)C. The second kappa shape index (κ2) is 18.3. The molecule has 0 spiro atoms. The van der Waals surface area contributed by atoms with Gasteiger partial charge in [0.1, 0.15) is 5.75 Å². The zero-order chi connectivity index (χ0) is 30.2. The van der Waals surface area contributed by atoms with Gasteiger partial charge in [-0.05, 0) is 58.2 Å². The van der Waals surface area contributed by atoms with Crippen LogP contribution in [0, 0.1) is 0 Å². The Balaban J connectivity index is 1.47. The van der Waals surface area contributed by atoms with Gasteiger partial charge < -0.3 is 14.5 Å². The van der Waals surface area contributed by atoms with Crippen molar-refractivity contribution in [2.75, 3.05) is 17.4 Å². The van der Waals surface area contributed by atoms with Gasteiger partial charge in [0.15, 0.2) is 0 Å². The van der Waals surface area contributed by atoms with Gasteiger partial charge in [-0.15, -0.1) is 11.8 Å². The fourth-order valence-corrected chi connectivity index (χ4v) is 6.22. The molecule has 0 aromatic heterocycles. The van der Waals surface area contributed by atoms with Crippen LogP contribution in [-0.4, -0.2) is 23.3 Å². The van der Waals surface area contributed by atoms with Crippen LogP contribution in [0.4, 0.5) is 5.69 Å². The molecule has 4 nitrogen and oxygen atoms in total. The van der Waals surface area contributed by atoms with E-state index in [-0.39, 0.29) is 11.3 Å². The van der Waals surface area contributed by atoms with Crippen LogP contribution >= 0.6 is 11.8 Å². The number of benzene rings is 2. The van der Waals surface area contributed by atoms with E-state index in [1.165, 1.54) is 81.8 Å². The molecule has 232 valence electrons. The summed E-state index contributed by atoms with van der Waals surface area (Å²) in [6.07, 6.45) is 18.3. The van der Waals surface area contributed by atoms with Crippen molar-refractivity contribution >= 4 is 23.4 Å². The smallest absolute Gasteiger partial charge is 0.224 e. The number of thioether (sulfide) groups is 1. The third kappa shape index (κ3) is 12.1. The Morgan fingerprint density at radius 1 is 0.857 bits per heavy atom. The topological polar surface area (TPSA) is 32.8 Å². The van der Waals surface area contributed by atoms with Crippen LogP contribution in [0.5, 0.6) is 5.75 Å². The van der Waals surface area contributed by atoms with Gasteiger partial charge in [0.05, 0.1) is 19.0 Å². The second-order valence-electron chi connectivity index (χ2n) is 12.9. The molecule has 1 aliphatic heterocycles. The van der Waals surface area contributed by atoms with Gasteiger partial charge in [-0.25, -0.2) is 0 Å². The van der Waals surface area contributed by atoms with E-state index in [2.05, 4.69) is 86.7 Å². The zero-order valence-electron chi connectivity index (χ0n) is 27.1. The van der Waals surface area contributed by atoms with Crippen LogP contribution in [0.1, 0.15) is 128 Å². The van der Waals surface area contributed by atoms with Crippen LogP contribution in [-0.2, 0) is 23.3 Å². The number of rotatable bonds is 19. The number of hydrogen-bond donors (Lipinski definition) is 0. The minimum atomic E-state index is -0.0487. The molecule has 5 heteroatoms. The van der Waals surface area contributed by atoms with E-state index < -0.39 is 0 Å². The second-order valence-corrected chi connectivity index (χ2v) is 13.8. The summed E-state index contributed by atoms with van der Waals surface area (Å²) in [5.74, 6) is 2.02. The van der Waals surface area contributed by atoms with Gasteiger partial charge in [-0.3, -0.25) is 4.79 Å². The Hall–Kier alpha value is -2.40. The number of carbonyl (C=O) groups excluding carboxylic acids is 1. The summed E-state index contributed by atoms with van der Waals surface area (Å²) in [5, 5.41) is 2.13. The van der Waals surface area contributed by atoms with Gasteiger partial charge in [0, 0.05) is 25.4 Å². The van der Waals surface area contributed by atoms with Crippen molar-refractivity contribution in [2.24, 2.45) is 0 Å². The molecule has 42 heavy (non-hydrogen) atoms. The molecular formula is C37H56N2O2S. The van der Waals surface area contributed by atoms with E-state index >= 15 is 0 Å². The average Bonchev–Trinajstić information content (AvgIpc) is 3.47. The van der Waals surface area contributed by atoms with Crippen LogP contribution in [0.15, 0.2) is 54.1 Å². The summed E-state index contributed by atoms with van der Waals surface area (Å²) in [6, 6.07) is 14.9. The van der Waals surface area contributed by atoms with E-state index in [0.29, 0.717) is 6.54 Å². The molecule has 0 fully saturated rings. The van der Waals surface area contributed by atoms with Gasteiger partial charge in [-0.1, -0.05) is 117 Å². The minimum absolute atomic E-state index is 0.0474. The summed E-state index contributed by atoms with van der Waals surface area (Å²) in [7, 11) is 0. The summed E-state index contributed by atoms with van der Waals surface area (Å²) in [4.78, 5) is 16.8. The summed E-state index contributed by atoms with van der Waals surface area (Å²) in [6.45, 7) is 12.8. The molecule has 2 aromatic carbocycles. The number of hydrogen-bond acceptors (Lipinski definition) is 4. The Labute approximate surface area is 261 Å². The van der Waals surface area contributed by atoms with E-state index in [1.807, 2.05) is 16.7 Å². The first-order chi connectivity index (χ1) is 20.3. The maximum atomic E-state index is 12.7. The largest absolute Gasteiger partial charge is 0.493 e.